The molecule has 0 spiro atoms. The fourth-order valence-corrected chi connectivity index (χ4v) is 3.96. The highest BCUT2D eigenvalue weighted by Crippen LogP contribution is 2.18. The van der Waals surface area contributed by atoms with E-state index in [0.717, 1.165) is 21.2 Å². The van der Waals surface area contributed by atoms with Gasteiger partial charge in [0.25, 0.3) is 5.91 Å². The molecule has 0 aliphatic heterocycles. The van der Waals surface area contributed by atoms with Crippen molar-refractivity contribution < 1.29 is 14.3 Å². The summed E-state index contributed by atoms with van der Waals surface area (Å²) in [4.78, 5) is 28.6. The molecule has 0 fully saturated rings. The fraction of sp³-hybridized carbons (Fsp3) is 0.310. The molecule has 3 rings (SSSR count). The Labute approximate surface area is 216 Å². The molecule has 0 radical (unpaired) electrons. The van der Waals surface area contributed by atoms with Gasteiger partial charge in [0.2, 0.25) is 5.91 Å². The van der Waals surface area contributed by atoms with E-state index in [0.29, 0.717) is 31.2 Å². The zero-order chi connectivity index (χ0) is 25.2. The minimum absolute atomic E-state index is 0.150. The van der Waals surface area contributed by atoms with Gasteiger partial charge in [0.1, 0.15) is 11.8 Å². The van der Waals surface area contributed by atoms with Crippen molar-refractivity contribution >= 4 is 27.7 Å². The van der Waals surface area contributed by atoms with E-state index in [1.807, 2.05) is 99.6 Å². The van der Waals surface area contributed by atoms with Gasteiger partial charge in [-0.2, -0.15) is 0 Å². The maximum Gasteiger partial charge on any atom is 0.261 e. The van der Waals surface area contributed by atoms with Crippen LogP contribution in [-0.2, 0) is 22.6 Å². The van der Waals surface area contributed by atoms with E-state index in [4.69, 9.17) is 4.74 Å². The predicted molar refractivity (Wildman–Crippen MR) is 143 cm³/mol. The monoisotopic (exact) mass is 536 g/mol. The lowest BCUT2D eigenvalue weighted by Crippen LogP contribution is -2.52. The van der Waals surface area contributed by atoms with E-state index in [1.165, 1.54) is 0 Å². The normalized spacial score (nSPS) is 11.7. The van der Waals surface area contributed by atoms with Crippen molar-refractivity contribution in [3.63, 3.8) is 0 Å². The van der Waals surface area contributed by atoms with Crippen LogP contribution in [-0.4, -0.2) is 35.9 Å². The van der Waals surface area contributed by atoms with Crippen molar-refractivity contribution in [3.8, 4) is 5.75 Å². The van der Waals surface area contributed by atoms with Crippen LogP contribution in [0.2, 0.25) is 0 Å². The summed E-state index contributed by atoms with van der Waals surface area (Å²) in [6.45, 7) is 6.77. The van der Waals surface area contributed by atoms with Crippen LogP contribution in [0.3, 0.4) is 0 Å². The number of hydrogen-bond donors (Lipinski definition) is 1. The van der Waals surface area contributed by atoms with E-state index in [9.17, 15) is 9.59 Å². The number of aryl methyl sites for hydroxylation is 1. The van der Waals surface area contributed by atoms with E-state index >= 15 is 0 Å². The standard InChI is InChI=1S/C29H33BrN2O3/c1-21(2)18-31-29(34)27(17-23-9-5-4-6-10-23)32(19-24-12-14-25(30)15-13-24)28(33)20-35-26-11-7-8-22(3)16-26/h4-16,21,27H,17-20H2,1-3H3,(H,31,34)/t27-/m1/s1. The molecule has 5 nitrogen and oxygen atoms in total. The highest BCUT2D eigenvalue weighted by atomic mass is 79.9. The molecule has 0 saturated carbocycles. The van der Waals surface area contributed by atoms with Crippen molar-refractivity contribution in [1.29, 1.82) is 0 Å². The Morgan fingerprint density at radius 2 is 1.66 bits per heavy atom. The van der Waals surface area contributed by atoms with Crippen LogP contribution >= 0.6 is 15.9 Å². The molecule has 0 aromatic heterocycles. The van der Waals surface area contributed by atoms with E-state index in [2.05, 4.69) is 21.2 Å². The molecule has 1 N–H and O–H groups in total. The third kappa shape index (κ3) is 8.55. The van der Waals surface area contributed by atoms with Gasteiger partial charge in [0.15, 0.2) is 6.61 Å². The molecule has 0 bridgehead atoms. The number of ether oxygens (including phenoxy) is 1. The molecule has 2 amide bonds. The van der Waals surface area contributed by atoms with Crippen molar-refractivity contribution in [3.05, 3.63) is 100 Å². The lowest BCUT2D eigenvalue weighted by molar-refractivity contribution is -0.142. The summed E-state index contributed by atoms with van der Waals surface area (Å²) in [7, 11) is 0. The van der Waals surface area contributed by atoms with Crippen molar-refractivity contribution in [2.45, 2.75) is 39.8 Å². The van der Waals surface area contributed by atoms with Gasteiger partial charge in [-0.25, -0.2) is 0 Å². The van der Waals surface area contributed by atoms with E-state index in [-0.39, 0.29) is 18.4 Å². The minimum atomic E-state index is -0.673. The van der Waals surface area contributed by atoms with Gasteiger partial charge in [0, 0.05) is 24.0 Å². The lowest BCUT2D eigenvalue weighted by atomic mass is 10.0. The number of nitrogens with zero attached hydrogens (tertiary/aromatic N) is 1. The van der Waals surface area contributed by atoms with Crippen LogP contribution in [0.1, 0.15) is 30.5 Å². The number of rotatable bonds is 11. The minimum Gasteiger partial charge on any atom is -0.484 e. The molecule has 0 heterocycles. The summed E-state index contributed by atoms with van der Waals surface area (Å²) in [5.41, 5.74) is 2.98. The fourth-order valence-electron chi connectivity index (χ4n) is 3.70. The summed E-state index contributed by atoms with van der Waals surface area (Å²) >= 11 is 3.46. The predicted octanol–water partition coefficient (Wildman–Crippen LogP) is 5.55. The van der Waals surface area contributed by atoms with Crippen molar-refractivity contribution in [1.82, 2.24) is 10.2 Å². The Balaban J connectivity index is 1.89. The van der Waals surface area contributed by atoms with Crippen molar-refractivity contribution in [2.75, 3.05) is 13.2 Å². The molecular formula is C29H33BrN2O3. The second-order valence-electron chi connectivity index (χ2n) is 9.10. The molecule has 3 aromatic carbocycles. The molecule has 35 heavy (non-hydrogen) atoms. The van der Waals surface area contributed by atoms with Crippen LogP contribution in [0.5, 0.6) is 5.75 Å². The zero-order valence-corrected chi connectivity index (χ0v) is 22.1. The first kappa shape index (κ1) is 26.5. The lowest BCUT2D eigenvalue weighted by Gasteiger charge is -2.31. The highest BCUT2D eigenvalue weighted by molar-refractivity contribution is 9.10. The van der Waals surface area contributed by atoms with Gasteiger partial charge in [0.05, 0.1) is 0 Å². The molecular weight excluding hydrogens is 504 g/mol. The van der Waals surface area contributed by atoms with Crippen LogP contribution in [0, 0.1) is 12.8 Å². The smallest absolute Gasteiger partial charge is 0.261 e. The molecule has 0 aliphatic carbocycles. The van der Waals surface area contributed by atoms with Crippen LogP contribution in [0.25, 0.3) is 0 Å². The summed E-state index contributed by atoms with van der Waals surface area (Å²) in [5.74, 6) is 0.529. The van der Waals surface area contributed by atoms with Gasteiger partial charge in [-0.05, 0) is 53.8 Å². The van der Waals surface area contributed by atoms with Crippen molar-refractivity contribution in [2.24, 2.45) is 5.92 Å². The molecule has 6 heteroatoms. The number of halogens is 1. The average Bonchev–Trinajstić information content (AvgIpc) is 2.85. The van der Waals surface area contributed by atoms with E-state index in [1.54, 1.807) is 4.90 Å². The molecule has 0 aliphatic rings. The third-order valence-electron chi connectivity index (χ3n) is 5.57. The number of nitrogens with one attached hydrogen (secondary N) is 1. The van der Waals surface area contributed by atoms with Crippen LogP contribution in [0.4, 0.5) is 0 Å². The van der Waals surface area contributed by atoms with Gasteiger partial charge in [-0.15, -0.1) is 0 Å². The SMILES string of the molecule is Cc1cccc(OCC(=O)N(Cc2ccc(Br)cc2)[C@H](Cc2ccccc2)C(=O)NCC(C)C)c1. The first-order valence-corrected chi connectivity index (χ1v) is 12.7. The third-order valence-corrected chi connectivity index (χ3v) is 6.10. The van der Waals surface area contributed by atoms with Crippen LogP contribution in [0.15, 0.2) is 83.3 Å². The molecule has 184 valence electrons. The average molecular weight is 537 g/mol. The second kappa shape index (κ2) is 13.1. The maximum absolute atomic E-state index is 13.6. The second-order valence-corrected chi connectivity index (χ2v) is 10.0. The summed E-state index contributed by atoms with van der Waals surface area (Å²) in [6.07, 6.45) is 0.414. The van der Waals surface area contributed by atoms with E-state index < -0.39 is 6.04 Å². The Kier molecular flexibility index (Phi) is 9.91. The van der Waals surface area contributed by atoms with Gasteiger partial charge in [-0.3, -0.25) is 9.59 Å². The van der Waals surface area contributed by atoms with Crippen LogP contribution < -0.4 is 10.1 Å². The number of hydrogen-bond acceptors (Lipinski definition) is 3. The van der Waals surface area contributed by atoms with Gasteiger partial charge in [-0.1, -0.05) is 84.4 Å². The summed E-state index contributed by atoms with van der Waals surface area (Å²) < 4.78 is 6.79. The number of carbonyl (C=O) groups is 2. The largest absolute Gasteiger partial charge is 0.484 e. The summed E-state index contributed by atoms with van der Waals surface area (Å²) in [5, 5.41) is 3.03. The van der Waals surface area contributed by atoms with Gasteiger partial charge >= 0.3 is 0 Å². The molecule has 1 atom stereocenters. The summed E-state index contributed by atoms with van der Waals surface area (Å²) in [6, 6.07) is 24.5. The Morgan fingerprint density at radius 1 is 0.943 bits per heavy atom. The molecule has 0 unspecified atom stereocenters. The molecule has 0 saturated heterocycles. The molecule has 3 aromatic rings. The quantitative estimate of drug-likeness (QED) is 0.349. The number of carbonyl (C=O) groups excluding carboxylic acids is 2. The highest BCUT2D eigenvalue weighted by Gasteiger charge is 2.30. The Hall–Kier alpha value is -3.12. The number of benzene rings is 3. The topological polar surface area (TPSA) is 58.6 Å². The Morgan fingerprint density at radius 3 is 2.31 bits per heavy atom. The first-order chi connectivity index (χ1) is 16.8. The number of amides is 2. The Bertz CT molecular complexity index is 1100. The zero-order valence-electron chi connectivity index (χ0n) is 20.5. The van der Waals surface area contributed by atoms with Gasteiger partial charge < -0.3 is 15.0 Å². The first-order valence-electron chi connectivity index (χ1n) is 11.9. The maximum atomic E-state index is 13.6.